The highest BCUT2D eigenvalue weighted by molar-refractivity contribution is 6.30. The van der Waals surface area contributed by atoms with Crippen LogP contribution in [0.5, 0.6) is 0 Å². The van der Waals surface area contributed by atoms with Crippen LogP contribution in [0.25, 0.3) is 0 Å². The number of nitrogens with one attached hydrogen (secondary N) is 1. The molecule has 1 fully saturated rings. The van der Waals surface area contributed by atoms with Crippen LogP contribution in [-0.4, -0.2) is 54.7 Å². The molecule has 0 aliphatic carbocycles. The van der Waals surface area contributed by atoms with Crippen molar-refractivity contribution < 1.29 is 14.3 Å². The normalized spacial score (nSPS) is 14.0. The summed E-state index contributed by atoms with van der Waals surface area (Å²) in [5.41, 5.74) is 1.86. The maximum Gasteiger partial charge on any atom is 0.409 e. The molecule has 1 saturated heterocycles. The Hall–Kier alpha value is -2.80. The Morgan fingerprint density at radius 3 is 2.59 bits per heavy atom. The molecule has 1 aliphatic heterocycles. The summed E-state index contributed by atoms with van der Waals surface area (Å²) in [4.78, 5) is 32.1. The summed E-state index contributed by atoms with van der Waals surface area (Å²) >= 11 is 5.92. The van der Waals surface area contributed by atoms with E-state index in [1.165, 1.54) is 0 Å². The van der Waals surface area contributed by atoms with E-state index in [-0.39, 0.29) is 12.0 Å². The van der Waals surface area contributed by atoms with E-state index in [4.69, 9.17) is 16.3 Å². The molecule has 3 rings (SSSR count). The summed E-state index contributed by atoms with van der Waals surface area (Å²) in [6.45, 7) is 4.74. The van der Waals surface area contributed by atoms with Gasteiger partial charge in [0.25, 0.3) is 5.91 Å². The Morgan fingerprint density at radius 1 is 1.19 bits per heavy atom. The smallest absolute Gasteiger partial charge is 0.409 e. The zero-order valence-corrected chi connectivity index (χ0v) is 15.8. The maximum atomic E-state index is 12.3. The van der Waals surface area contributed by atoms with Crippen LogP contribution in [0.2, 0.25) is 5.02 Å². The van der Waals surface area contributed by atoms with Gasteiger partial charge < -0.3 is 19.9 Å². The average Bonchev–Trinajstić information content (AvgIpc) is 2.68. The molecular formula is C19H21ClN4O3. The van der Waals surface area contributed by atoms with Gasteiger partial charge in [-0.15, -0.1) is 0 Å². The monoisotopic (exact) mass is 388 g/mol. The fourth-order valence-corrected chi connectivity index (χ4v) is 3.02. The first-order valence-electron chi connectivity index (χ1n) is 8.76. The molecule has 142 valence electrons. The second-order valence-corrected chi connectivity index (χ2v) is 6.48. The number of carbonyl (C=O) groups is 2. The van der Waals surface area contributed by atoms with E-state index < -0.39 is 0 Å². The predicted molar refractivity (Wildman–Crippen MR) is 104 cm³/mol. The summed E-state index contributed by atoms with van der Waals surface area (Å²) in [6.07, 6.45) is 1.40. The largest absolute Gasteiger partial charge is 0.450 e. The Morgan fingerprint density at radius 2 is 1.96 bits per heavy atom. The number of aromatic nitrogens is 1. The van der Waals surface area contributed by atoms with Crippen LogP contribution in [0.1, 0.15) is 17.4 Å². The van der Waals surface area contributed by atoms with Gasteiger partial charge in [0.15, 0.2) is 0 Å². The fourth-order valence-electron chi connectivity index (χ4n) is 2.83. The van der Waals surface area contributed by atoms with Gasteiger partial charge in [0, 0.05) is 36.9 Å². The molecule has 0 radical (unpaired) electrons. The Labute approximate surface area is 162 Å². The van der Waals surface area contributed by atoms with Gasteiger partial charge in [0.2, 0.25) is 0 Å². The maximum absolute atomic E-state index is 12.3. The highest BCUT2D eigenvalue weighted by Crippen LogP contribution is 2.18. The predicted octanol–water partition coefficient (Wildman–Crippen LogP) is 3.27. The standard InChI is InChI=1S/C19H21ClN4O3/c1-2-27-19(26)24-10-8-23(9-11-24)16-6-7-17(21-13-16)18(25)22-15-5-3-4-14(20)12-15/h3-7,12-13H,2,8-11H2,1H3,(H,22,25). The number of carbonyl (C=O) groups excluding carboxylic acids is 2. The number of ether oxygens (including phenoxy) is 1. The molecule has 0 bridgehead atoms. The minimum atomic E-state index is -0.295. The molecule has 0 atom stereocenters. The second-order valence-electron chi connectivity index (χ2n) is 6.04. The van der Waals surface area contributed by atoms with Crippen molar-refractivity contribution in [3.63, 3.8) is 0 Å². The van der Waals surface area contributed by atoms with Crippen LogP contribution in [0.3, 0.4) is 0 Å². The van der Waals surface area contributed by atoms with Gasteiger partial charge in [-0.25, -0.2) is 9.78 Å². The van der Waals surface area contributed by atoms with E-state index in [1.807, 2.05) is 6.07 Å². The van der Waals surface area contributed by atoms with Gasteiger partial charge in [0.1, 0.15) is 5.69 Å². The number of hydrogen-bond acceptors (Lipinski definition) is 5. The van der Waals surface area contributed by atoms with E-state index in [9.17, 15) is 9.59 Å². The molecule has 2 amide bonds. The third-order valence-corrected chi connectivity index (χ3v) is 4.47. The van der Waals surface area contributed by atoms with Gasteiger partial charge in [0.05, 0.1) is 18.5 Å². The number of hydrogen-bond donors (Lipinski definition) is 1. The number of rotatable bonds is 4. The molecule has 1 aliphatic rings. The van der Waals surface area contributed by atoms with Gasteiger partial charge in [-0.3, -0.25) is 4.79 Å². The van der Waals surface area contributed by atoms with Crippen molar-refractivity contribution in [3.05, 3.63) is 53.3 Å². The SMILES string of the molecule is CCOC(=O)N1CCN(c2ccc(C(=O)Nc3cccc(Cl)c3)nc2)CC1. The third-order valence-electron chi connectivity index (χ3n) is 4.23. The van der Waals surface area contributed by atoms with Crippen LogP contribution in [0, 0.1) is 0 Å². The quantitative estimate of drug-likeness (QED) is 0.870. The third kappa shape index (κ3) is 4.89. The van der Waals surface area contributed by atoms with Crippen LogP contribution >= 0.6 is 11.6 Å². The average molecular weight is 389 g/mol. The van der Waals surface area contributed by atoms with E-state index in [0.717, 1.165) is 5.69 Å². The fraction of sp³-hybridized carbons (Fsp3) is 0.316. The van der Waals surface area contributed by atoms with E-state index in [1.54, 1.807) is 48.4 Å². The second kappa shape index (κ2) is 8.73. The summed E-state index contributed by atoms with van der Waals surface area (Å²) in [5.74, 6) is -0.295. The van der Waals surface area contributed by atoms with E-state index in [2.05, 4.69) is 15.2 Å². The Balaban J connectivity index is 1.57. The number of anilines is 2. The number of pyridine rings is 1. The first kappa shape index (κ1) is 19.0. The molecule has 2 aromatic rings. The molecule has 27 heavy (non-hydrogen) atoms. The van der Waals surface area contributed by atoms with Crippen molar-refractivity contribution in [2.45, 2.75) is 6.92 Å². The minimum absolute atomic E-state index is 0.275. The Bertz CT molecular complexity index is 805. The lowest BCUT2D eigenvalue weighted by molar-refractivity contribution is 0.101. The number of halogens is 1. The van der Waals surface area contributed by atoms with Crippen molar-refractivity contribution in [2.24, 2.45) is 0 Å². The lowest BCUT2D eigenvalue weighted by Crippen LogP contribution is -2.49. The topological polar surface area (TPSA) is 74.8 Å². The summed E-state index contributed by atoms with van der Waals surface area (Å²) < 4.78 is 5.02. The molecule has 2 heterocycles. The molecular weight excluding hydrogens is 368 g/mol. The first-order valence-corrected chi connectivity index (χ1v) is 9.14. The van der Waals surface area contributed by atoms with Gasteiger partial charge in [-0.2, -0.15) is 0 Å². The van der Waals surface area contributed by atoms with Crippen molar-refractivity contribution in [1.82, 2.24) is 9.88 Å². The molecule has 0 saturated carbocycles. The van der Waals surface area contributed by atoms with Gasteiger partial charge in [-0.05, 0) is 37.3 Å². The summed E-state index contributed by atoms with van der Waals surface area (Å²) in [7, 11) is 0. The molecule has 7 nitrogen and oxygen atoms in total. The number of nitrogens with zero attached hydrogens (tertiary/aromatic N) is 3. The molecule has 0 spiro atoms. The van der Waals surface area contributed by atoms with Crippen LogP contribution in [0.15, 0.2) is 42.6 Å². The highest BCUT2D eigenvalue weighted by Gasteiger charge is 2.22. The molecule has 1 aromatic carbocycles. The minimum Gasteiger partial charge on any atom is -0.450 e. The highest BCUT2D eigenvalue weighted by atomic mass is 35.5. The van der Waals surface area contributed by atoms with Crippen molar-refractivity contribution in [2.75, 3.05) is 43.0 Å². The molecule has 1 N–H and O–H groups in total. The van der Waals surface area contributed by atoms with Crippen molar-refractivity contribution >= 4 is 35.0 Å². The molecule has 8 heteroatoms. The van der Waals surface area contributed by atoms with Crippen LogP contribution in [-0.2, 0) is 4.74 Å². The molecule has 1 aromatic heterocycles. The molecule has 0 unspecified atom stereocenters. The lowest BCUT2D eigenvalue weighted by Gasteiger charge is -2.35. The number of piperazine rings is 1. The zero-order chi connectivity index (χ0) is 19.2. The number of amides is 2. The lowest BCUT2D eigenvalue weighted by atomic mass is 10.2. The number of benzene rings is 1. The van der Waals surface area contributed by atoms with Gasteiger partial charge in [-0.1, -0.05) is 17.7 Å². The van der Waals surface area contributed by atoms with Crippen LogP contribution in [0.4, 0.5) is 16.2 Å². The van der Waals surface area contributed by atoms with E-state index in [0.29, 0.717) is 49.2 Å². The van der Waals surface area contributed by atoms with E-state index >= 15 is 0 Å². The van der Waals surface area contributed by atoms with Gasteiger partial charge >= 0.3 is 6.09 Å². The Kier molecular flexibility index (Phi) is 6.13. The summed E-state index contributed by atoms with van der Waals surface area (Å²) in [6, 6.07) is 10.5. The van der Waals surface area contributed by atoms with Crippen molar-refractivity contribution in [3.8, 4) is 0 Å². The first-order chi connectivity index (χ1) is 13.1. The van der Waals surface area contributed by atoms with Crippen LogP contribution < -0.4 is 10.2 Å². The summed E-state index contributed by atoms with van der Waals surface area (Å²) in [5, 5.41) is 3.32. The zero-order valence-electron chi connectivity index (χ0n) is 15.0. The van der Waals surface area contributed by atoms with Crippen molar-refractivity contribution in [1.29, 1.82) is 0 Å².